The first-order chi connectivity index (χ1) is 16.3. The number of nitrogens with two attached hydrogens (primary N) is 2. The van der Waals surface area contributed by atoms with Crippen molar-refractivity contribution < 1.29 is 54.0 Å². The van der Waals surface area contributed by atoms with E-state index in [-0.39, 0.29) is 19.4 Å². The lowest BCUT2D eigenvalue weighted by Crippen LogP contribution is -2.57. The Balaban J connectivity index is 5.47. The van der Waals surface area contributed by atoms with E-state index in [2.05, 4.69) is 5.32 Å². The summed E-state index contributed by atoms with van der Waals surface area (Å²) in [4.78, 5) is 81.6. The number of rotatable bonds is 18. The van der Waals surface area contributed by atoms with E-state index in [1.165, 1.54) is 0 Å². The zero-order valence-corrected chi connectivity index (χ0v) is 18.8. The van der Waals surface area contributed by atoms with Crippen LogP contribution in [0.4, 0.5) is 0 Å². The summed E-state index contributed by atoms with van der Waals surface area (Å²) in [5.74, 6) is -9.15. The number of carboxylic acid groups (broad SMARTS) is 4. The predicted molar refractivity (Wildman–Crippen MR) is 116 cm³/mol. The number of carbonyl (C=O) groups is 7. The molecule has 0 radical (unpaired) electrons. The highest BCUT2D eigenvalue weighted by atomic mass is 16.4. The van der Waals surface area contributed by atoms with Crippen molar-refractivity contribution >= 4 is 41.6 Å². The third-order valence-corrected chi connectivity index (χ3v) is 4.59. The fourth-order valence-corrected chi connectivity index (χ4v) is 2.75. The monoisotopic (exact) mass is 505 g/mol. The van der Waals surface area contributed by atoms with E-state index in [1.54, 1.807) is 0 Å². The Labute approximate surface area is 199 Å². The van der Waals surface area contributed by atoms with Gasteiger partial charge < -0.3 is 47.8 Å². The van der Waals surface area contributed by atoms with Gasteiger partial charge >= 0.3 is 23.9 Å². The Hall–Kier alpha value is -3.79. The number of carboxylic acids is 4. The summed E-state index contributed by atoms with van der Waals surface area (Å²) in [6.45, 7) is 0.286. The van der Waals surface area contributed by atoms with Gasteiger partial charge in [0, 0.05) is 6.42 Å². The number of hydrogen-bond acceptors (Lipinski definition) is 9. The highest BCUT2D eigenvalue weighted by Gasteiger charge is 2.32. The maximum atomic E-state index is 12.6. The van der Waals surface area contributed by atoms with Crippen LogP contribution in [-0.4, -0.2) is 92.7 Å². The number of hydrogen-bond donors (Lipinski definition) is 9. The van der Waals surface area contributed by atoms with E-state index >= 15 is 0 Å². The Bertz CT molecular complexity index is 804. The van der Waals surface area contributed by atoms with Crippen molar-refractivity contribution in [2.24, 2.45) is 11.5 Å². The van der Waals surface area contributed by atoms with Gasteiger partial charge in [-0.15, -0.1) is 0 Å². The minimum absolute atomic E-state index is 0.0159. The van der Waals surface area contributed by atoms with Crippen molar-refractivity contribution in [3.63, 3.8) is 0 Å². The normalized spacial score (nSPS) is 14.0. The van der Waals surface area contributed by atoms with E-state index in [4.69, 9.17) is 26.8 Å². The third-order valence-electron chi connectivity index (χ3n) is 4.59. The number of unbranched alkanes of at least 4 members (excludes halogenated alkanes) is 1. The topological polar surface area (TPSA) is 289 Å². The summed E-state index contributed by atoms with van der Waals surface area (Å²) in [5.41, 5.74) is 10.9. The molecule has 0 aliphatic carbocycles. The molecule has 0 saturated carbocycles. The largest absolute Gasteiger partial charge is 0.481 e. The molecule has 0 heterocycles. The number of amides is 3. The highest BCUT2D eigenvalue weighted by molar-refractivity contribution is 5.96. The predicted octanol–water partition coefficient (Wildman–Crippen LogP) is -3.20. The summed E-state index contributed by atoms with van der Waals surface area (Å²) < 4.78 is 0. The highest BCUT2D eigenvalue weighted by Crippen LogP contribution is 2.05. The lowest BCUT2D eigenvalue weighted by molar-refractivity contribution is -0.145. The SMILES string of the molecule is NCCCCC(NC(=O)C(CC(=O)O)NC(=O)C(CC(=O)O)NC(=O)C(N)CCC(=O)O)C(=O)O. The van der Waals surface area contributed by atoms with Gasteiger partial charge in [-0.25, -0.2) is 4.79 Å². The van der Waals surface area contributed by atoms with Crippen LogP contribution in [0, 0.1) is 0 Å². The zero-order valence-electron chi connectivity index (χ0n) is 18.8. The zero-order chi connectivity index (χ0) is 27.1. The second kappa shape index (κ2) is 15.9. The summed E-state index contributed by atoms with van der Waals surface area (Å²) in [5, 5.41) is 42.2. The van der Waals surface area contributed by atoms with Crippen LogP contribution in [0.15, 0.2) is 0 Å². The molecule has 4 atom stereocenters. The van der Waals surface area contributed by atoms with Gasteiger partial charge in [-0.05, 0) is 32.2 Å². The van der Waals surface area contributed by atoms with Gasteiger partial charge in [0.1, 0.15) is 18.1 Å². The van der Waals surface area contributed by atoms with Gasteiger partial charge in [-0.1, -0.05) is 0 Å². The van der Waals surface area contributed by atoms with Crippen LogP contribution in [0.1, 0.15) is 44.9 Å². The molecule has 0 spiro atoms. The summed E-state index contributed by atoms with van der Waals surface area (Å²) in [6.07, 6.45) is -1.93. The van der Waals surface area contributed by atoms with E-state index in [0.717, 1.165) is 0 Å². The van der Waals surface area contributed by atoms with E-state index in [1.807, 2.05) is 10.6 Å². The Morgan fingerprint density at radius 3 is 1.49 bits per heavy atom. The molecule has 11 N–H and O–H groups in total. The molecule has 0 aliphatic rings. The molecule has 3 amide bonds. The van der Waals surface area contributed by atoms with Gasteiger partial charge in [0.2, 0.25) is 17.7 Å². The molecule has 0 rings (SSSR count). The van der Waals surface area contributed by atoms with Crippen LogP contribution in [0.3, 0.4) is 0 Å². The molecule has 198 valence electrons. The van der Waals surface area contributed by atoms with Crippen LogP contribution in [0.2, 0.25) is 0 Å². The van der Waals surface area contributed by atoms with Crippen molar-refractivity contribution in [2.45, 2.75) is 69.1 Å². The van der Waals surface area contributed by atoms with Gasteiger partial charge in [0.05, 0.1) is 18.9 Å². The maximum absolute atomic E-state index is 12.6. The Morgan fingerprint density at radius 2 is 1.09 bits per heavy atom. The van der Waals surface area contributed by atoms with Gasteiger partial charge in [0.25, 0.3) is 0 Å². The van der Waals surface area contributed by atoms with E-state index in [9.17, 15) is 38.7 Å². The lowest BCUT2D eigenvalue weighted by Gasteiger charge is -2.24. The van der Waals surface area contributed by atoms with Crippen molar-refractivity contribution in [3.8, 4) is 0 Å². The molecule has 0 bridgehead atoms. The van der Waals surface area contributed by atoms with Crippen LogP contribution in [0.25, 0.3) is 0 Å². The van der Waals surface area contributed by atoms with Gasteiger partial charge in [-0.2, -0.15) is 0 Å². The molecular formula is C19H31N5O11. The molecule has 0 aromatic carbocycles. The Kier molecular flexibility index (Phi) is 14.2. The first kappa shape index (κ1) is 31.2. The smallest absolute Gasteiger partial charge is 0.326 e. The Morgan fingerprint density at radius 1 is 0.629 bits per heavy atom. The molecule has 16 nitrogen and oxygen atoms in total. The fourth-order valence-electron chi connectivity index (χ4n) is 2.75. The van der Waals surface area contributed by atoms with Gasteiger partial charge in [-0.3, -0.25) is 28.8 Å². The molecule has 35 heavy (non-hydrogen) atoms. The molecule has 0 aliphatic heterocycles. The van der Waals surface area contributed by atoms with Crippen molar-refractivity contribution in [1.82, 2.24) is 16.0 Å². The minimum atomic E-state index is -1.80. The summed E-state index contributed by atoms with van der Waals surface area (Å²) in [6, 6.07) is -6.38. The number of aliphatic carboxylic acids is 4. The molecule has 16 heteroatoms. The molecular weight excluding hydrogens is 474 g/mol. The lowest BCUT2D eigenvalue weighted by atomic mass is 10.1. The van der Waals surface area contributed by atoms with Gasteiger partial charge in [0.15, 0.2) is 0 Å². The third kappa shape index (κ3) is 13.5. The second-order valence-electron chi connectivity index (χ2n) is 7.54. The van der Waals surface area contributed by atoms with E-state index in [0.29, 0.717) is 12.8 Å². The van der Waals surface area contributed by atoms with Crippen LogP contribution >= 0.6 is 0 Å². The quantitative estimate of drug-likeness (QED) is 0.0830. The molecule has 4 unspecified atom stereocenters. The molecule has 0 aromatic rings. The standard InChI is InChI=1S/C19H31N5O11/c20-6-2-1-3-10(19(34)35)22-17(32)12(8-15(29)30)24-18(33)11(7-14(27)28)23-16(31)9(21)4-5-13(25)26/h9-12H,1-8,20-21H2,(H,22,32)(H,23,31)(H,24,33)(H,25,26)(H,27,28)(H,29,30)(H,34,35). The average molecular weight is 505 g/mol. The average Bonchev–Trinajstić information content (AvgIpc) is 2.74. The van der Waals surface area contributed by atoms with Crippen LogP contribution in [-0.2, 0) is 33.6 Å². The van der Waals surface area contributed by atoms with Crippen LogP contribution < -0.4 is 27.4 Å². The fraction of sp³-hybridized carbons (Fsp3) is 0.632. The number of nitrogens with one attached hydrogen (secondary N) is 3. The van der Waals surface area contributed by atoms with E-state index < -0.39 is 85.0 Å². The maximum Gasteiger partial charge on any atom is 0.326 e. The summed E-state index contributed by atoms with van der Waals surface area (Å²) in [7, 11) is 0. The second-order valence-corrected chi connectivity index (χ2v) is 7.54. The van der Waals surface area contributed by atoms with Crippen molar-refractivity contribution in [1.29, 1.82) is 0 Å². The van der Waals surface area contributed by atoms with Crippen LogP contribution in [0.5, 0.6) is 0 Å². The van der Waals surface area contributed by atoms with Crippen molar-refractivity contribution in [2.75, 3.05) is 6.54 Å². The number of carbonyl (C=O) groups excluding carboxylic acids is 3. The first-order valence-electron chi connectivity index (χ1n) is 10.5. The molecule has 0 aromatic heterocycles. The minimum Gasteiger partial charge on any atom is -0.481 e. The molecule has 0 saturated heterocycles. The van der Waals surface area contributed by atoms with Crippen molar-refractivity contribution in [3.05, 3.63) is 0 Å². The first-order valence-corrected chi connectivity index (χ1v) is 10.5. The molecule has 0 fully saturated rings. The summed E-state index contributed by atoms with van der Waals surface area (Å²) >= 11 is 0.